The van der Waals surface area contributed by atoms with Crippen LogP contribution in [0.25, 0.3) is 5.69 Å². The topological polar surface area (TPSA) is 85.8 Å². The first-order chi connectivity index (χ1) is 15.2. The van der Waals surface area contributed by atoms with Crippen LogP contribution in [0.3, 0.4) is 0 Å². The zero-order valence-corrected chi connectivity index (χ0v) is 18.9. The van der Waals surface area contributed by atoms with E-state index in [-0.39, 0.29) is 16.9 Å². The van der Waals surface area contributed by atoms with Crippen LogP contribution in [0.1, 0.15) is 15.9 Å². The van der Waals surface area contributed by atoms with Crippen LogP contribution in [0, 0.1) is 0 Å². The van der Waals surface area contributed by atoms with Gasteiger partial charge in [0.1, 0.15) is 12.7 Å². The number of nitrogens with one attached hydrogen (secondary N) is 1. The average molecular weight is 605 g/mol. The van der Waals surface area contributed by atoms with E-state index in [9.17, 15) is 35.5 Å². The number of benzene rings is 2. The van der Waals surface area contributed by atoms with E-state index in [1.54, 1.807) is 0 Å². The Balaban J connectivity index is 1.94. The van der Waals surface area contributed by atoms with Gasteiger partial charge in [0, 0.05) is 20.1 Å². The molecule has 3 aromatic rings. The first kappa shape index (κ1) is 25.0. The minimum Gasteiger partial charge on any atom is -0.397 e. The lowest BCUT2D eigenvalue weighted by Gasteiger charge is -2.31. The normalized spacial score (nSPS) is 12.6. The van der Waals surface area contributed by atoms with E-state index >= 15 is 0 Å². The van der Waals surface area contributed by atoms with Crippen molar-refractivity contribution >= 4 is 49.1 Å². The van der Waals surface area contributed by atoms with Crippen molar-refractivity contribution in [2.45, 2.75) is 18.0 Å². The fourth-order valence-electron chi connectivity index (χ4n) is 2.80. The summed E-state index contributed by atoms with van der Waals surface area (Å²) < 4.78 is 93.1. The van der Waals surface area contributed by atoms with Crippen LogP contribution < -0.4 is 11.1 Å². The van der Waals surface area contributed by atoms with E-state index < -0.39 is 38.4 Å². The van der Waals surface area contributed by atoms with E-state index in [2.05, 4.69) is 47.3 Å². The number of hydrogen-bond donors (Lipinski definition) is 2. The minimum atomic E-state index is -6.28. The van der Waals surface area contributed by atoms with Crippen molar-refractivity contribution in [2.24, 2.45) is 0 Å². The third kappa shape index (κ3) is 4.55. The molecular weight excluding hydrogens is 595 g/mol. The molecule has 0 saturated carbocycles. The SMILES string of the molecule is Nc1cc(C(=O)Nc2c(Br)cc(C(F)(C(F)(F)F)C(F)(F)F)cc2Br)ccc1-n1cncn1. The Labute approximate surface area is 197 Å². The van der Waals surface area contributed by atoms with Gasteiger partial charge in [-0.2, -0.15) is 31.4 Å². The van der Waals surface area contributed by atoms with Crippen molar-refractivity contribution < 1.29 is 35.5 Å². The van der Waals surface area contributed by atoms with Gasteiger partial charge in [0.25, 0.3) is 5.91 Å². The monoisotopic (exact) mass is 603 g/mol. The van der Waals surface area contributed by atoms with Crippen LogP contribution in [-0.2, 0) is 5.67 Å². The first-order valence-electron chi connectivity index (χ1n) is 8.54. The molecule has 1 amide bonds. The molecule has 0 aliphatic heterocycles. The summed E-state index contributed by atoms with van der Waals surface area (Å²) in [5.41, 5.74) is -1.10. The molecule has 2 aromatic carbocycles. The number of alkyl halides is 7. The van der Waals surface area contributed by atoms with Gasteiger partial charge in [-0.15, -0.1) is 0 Å². The quantitative estimate of drug-likeness (QED) is 0.286. The van der Waals surface area contributed by atoms with Crippen molar-refractivity contribution in [1.29, 1.82) is 0 Å². The molecule has 0 fully saturated rings. The summed E-state index contributed by atoms with van der Waals surface area (Å²) in [4.78, 5) is 16.4. The lowest BCUT2D eigenvalue weighted by molar-refractivity contribution is -0.348. The number of carbonyl (C=O) groups excluding carboxylic acids is 1. The Morgan fingerprint density at radius 1 is 0.970 bits per heavy atom. The Kier molecular flexibility index (Phi) is 6.50. The number of rotatable bonds is 4. The molecule has 33 heavy (non-hydrogen) atoms. The van der Waals surface area contributed by atoms with Gasteiger partial charge in [0.15, 0.2) is 0 Å². The second-order valence-corrected chi connectivity index (χ2v) is 8.25. The lowest BCUT2D eigenvalue weighted by Crippen LogP contribution is -2.50. The van der Waals surface area contributed by atoms with Gasteiger partial charge < -0.3 is 11.1 Å². The lowest BCUT2D eigenvalue weighted by atomic mass is 9.94. The Morgan fingerprint density at radius 2 is 1.55 bits per heavy atom. The predicted molar refractivity (Wildman–Crippen MR) is 110 cm³/mol. The number of amides is 1. The Morgan fingerprint density at radius 3 is 2.00 bits per heavy atom. The van der Waals surface area contributed by atoms with Crippen molar-refractivity contribution in [3.8, 4) is 5.69 Å². The summed E-state index contributed by atoms with van der Waals surface area (Å²) in [7, 11) is 0. The number of aromatic nitrogens is 3. The fraction of sp³-hybridized carbons (Fsp3) is 0.167. The first-order valence-corrected chi connectivity index (χ1v) is 10.1. The zero-order chi connectivity index (χ0) is 24.8. The van der Waals surface area contributed by atoms with Crippen molar-refractivity contribution in [3.05, 3.63) is 63.1 Å². The molecule has 0 unspecified atom stereocenters. The number of nitrogens with two attached hydrogens (primary N) is 1. The molecular formula is C18H10Br2F7N5O. The molecule has 0 spiro atoms. The molecule has 0 aliphatic rings. The third-order valence-electron chi connectivity index (χ3n) is 4.41. The minimum absolute atomic E-state index is 0.0182. The second kappa shape index (κ2) is 8.59. The maximum atomic E-state index is 14.4. The maximum Gasteiger partial charge on any atom is 0.435 e. The molecule has 15 heteroatoms. The highest BCUT2D eigenvalue weighted by atomic mass is 79.9. The van der Waals surface area contributed by atoms with E-state index in [4.69, 9.17) is 5.73 Å². The van der Waals surface area contributed by atoms with E-state index in [0.29, 0.717) is 17.8 Å². The van der Waals surface area contributed by atoms with Crippen LogP contribution in [-0.4, -0.2) is 33.0 Å². The van der Waals surface area contributed by atoms with E-state index in [1.807, 2.05) is 0 Å². The number of carbonyl (C=O) groups is 1. The number of nitrogens with zero attached hydrogens (tertiary/aromatic N) is 3. The molecule has 0 atom stereocenters. The van der Waals surface area contributed by atoms with Gasteiger partial charge in [-0.3, -0.25) is 4.79 Å². The fourth-order valence-corrected chi connectivity index (χ4v) is 4.19. The molecule has 6 nitrogen and oxygen atoms in total. The summed E-state index contributed by atoms with van der Waals surface area (Å²) in [6.07, 6.45) is -9.92. The van der Waals surface area contributed by atoms with Gasteiger partial charge in [-0.25, -0.2) is 14.1 Å². The molecule has 1 heterocycles. The maximum absolute atomic E-state index is 14.4. The molecule has 3 rings (SSSR count). The van der Waals surface area contributed by atoms with Crippen LogP contribution in [0.5, 0.6) is 0 Å². The van der Waals surface area contributed by atoms with Gasteiger partial charge in [0.2, 0.25) is 0 Å². The molecule has 0 aliphatic carbocycles. The molecule has 0 saturated heterocycles. The second-order valence-electron chi connectivity index (χ2n) is 6.54. The average Bonchev–Trinajstić information content (AvgIpc) is 3.22. The highest BCUT2D eigenvalue weighted by Crippen LogP contribution is 2.54. The van der Waals surface area contributed by atoms with Gasteiger partial charge >= 0.3 is 18.0 Å². The largest absolute Gasteiger partial charge is 0.435 e. The number of halogens is 9. The molecule has 0 radical (unpaired) electrons. The van der Waals surface area contributed by atoms with E-state index in [1.165, 1.54) is 35.5 Å². The standard InChI is InChI=1S/C18H10Br2F7N5O/c19-10-4-9(16(21,17(22,23)24)18(25,26)27)5-11(20)14(10)31-15(33)8-1-2-13(12(28)3-8)32-7-29-6-30-32/h1-7H,28H2,(H,31,33). The summed E-state index contributed by atoms with van der Waals surface area (Å²) in [5, 5.41) is 6.22. The van der Waals surface area contributed by atoms with Crippen LogP contribution in [0.4, 0.5) is 42.1 Å². The summed E-state index contributed by atoms with van der Waals surface area (Å²) in [6.45, 7) is 0. The van der Waals surface area contributed by atoms with Gasteiger partial charge in [-0.1, -0.05) is 0 Å². The van der Waals surface area contributed by atoms with Crippen LogP contribution >= 0.6 is 31.9 Å². The molecule has 0 bridgehead atoms. The molecule has 3 N–H and O–H groups in total. The number of anilines is 2. The summed E-state index contributed by atoms with van der Waals surface area (Å²) in [5.74, 6) is -0.792. The summed E-state index contributed by atoms with van der Waals surface area (Å²) >= 11 is 5.58. The summed E-state index contributed by atoms with van der Waals surface area (Å²) in [6, 6.07) is 4.68. The Hall–Kier alpha value is -2.68. The highest BCUT2D eigenvalue weighted by molar-refractivity contribution is 9.11. The molecule has 176 valence electrons. The Bertz CT molecular complexity index is 1160. The third-order valence-corrected chi connectivity index (χ3v) is 5.67. The highest BCUT2D eigenvalue weighted by Gasteiger charge is 2.73. The predicted octanol–water partition coefficient (Wildman–Crippen LogP) is 5.92. The van der Waals surface area contributed by atoms with Gasteiger partial charge in [-0.05, 0) is 62.2 Å². The van der Waals surface area contributed by atoms with Crippen LogP contribution in [0.2, 0.25) is 0 Å². The number of hydrogen-bond acceptors (Lipinski definition) is 4. The van der Waals surface area contributed by atoms with Crippen LogP contribution in [0.15, 0.2) is 51.9 Å². The van der Waals surface area contributed by atoms with E-state index in [0.717, 1.165) is 0 Å². The molecule has 1 aromatic heterocycles. The van der Waals surface area contributed by atoms with Crippen molar-refractivity contribution in [2.75, 3.05) is 11.1 Å². The smallest absolute Gasteiger partial charge is 0.397 e. The van der Waals surface area contributed by atoms with Gasteiger partial charge in [0.05, 0.1) is 17.1 Å². The zero-order valence-electron chi connectivity index (χ0n) is 15.8. The van der Waals surface area contributed by atoms with Crippen molar-refractivity contribution in [3.63, 3.8) is 0 Å². The van der Waals surface area contributed by atoms with Crippen molar-refractivity contribution in [1.82, 2.24) is 14.8 Å². The number of nitrogen functional groups attached to an aromatic ring is 1.